The number of nitrogens with zero attached hydrogens (tertiary/aromatic N) is 2. The van der Waals surface area contributed by atoms with Crippen molar-refractivity contribution in [2.75, 3.05) is 18.6 Å². The lowest BCUT2D eigenvalue weighted by Crippen LogP contribution is -2.08. The molecule has 1 aliphatic heterocycles. The highest BCUT2D eigenvalue weighted by Gasteiger charge is 2.17. The van der Waals surface area contributed by atoms with Gasteiger partial charge in [-0.25, -0.2) is 4.98 Å². The first-order valence-corrected chi connectivity index (χ1v) is 6.52. The first kappa shape index (κ1) is 11.3. The Bertz CT molecular complexity index is 408. The minimum absolute atomic E-state index is 0.427. The maximum Gasteiger partial charge on any atom is 0.231 e. The third-order valence-corrected chi connectivity index (χ3v) is 3.93. The van der Waals surface area contributed by atoms with Gasteiger partial charge >= 0.3 is 0 Å². The summed E-state index contributed by atoms with van der Waals surface area (Å²) in [6.07, 6.45) is 4.22. The van der Waals surface area contributed by atoms with Gasteiger partial charge in [0.15, 0.2) is 0 Å². The van der Waals surface area contributed by atoms with Crippen molar-refractivity contribution in [3.8, 4) is 11.9 Å². The average Bonchev–Trinajstić information content (AvgIpc) is 2.39. The van der Waals surface area contributed by atoms with Crippen LogP contribution in [0.2, 0.25) is 0 Å². The molecule has 0 aliphatic carbocycles. The Hall–Kier alpha value is -1.21. The van der Waals surface area contributed by atoms with Gasteiger partial charge in [0.25, 0.3) is 0 Å². The van der Waals surface area contributed by atoms with Crippen molar-refractivity contribution >= 4 is 11.8 Å². The van der Waals surface area contributed by atoms with Gasteiger partial charge in [-0.2, -0.15) is 17.0 Å². The van der Waals surface area contributed by atoms with Gasteiger partial charge in [0.2, 0.25) is 5.88 Å². The van der Waals surface area contributed by atoms with Crippen molar-refractivity contribution in [2.24, 2.45) is 0 Å². The summed E-state index contributed by atoms with van der Waals surface area (Å²) < 4.78 is 5.04. The molecule has 0 amide bonds. The SMILES string of the molecule is COc1ncc(C2CCSCC2)cc1C#N. The van der Waals surface area contributed by atoms with E-state index in [9.17, 15) is 0 Å². The number of aromatic nitrogens is 1. The van der Waals surface area contributed by atoms with Gasteiger partial charge in [0.1, 0.15) is 11.6 Å². The van der Waals surface area contributed by atoms with Gasteiger partial charge < -0.3 is 4.74 Å². The lowest BCUT2D eigenvalue weighted by molar-refractivity contribution is 0.395. The van der Waals surface area contributed by atoms with E-state index in [4.69, 9.17) is 10.00 Å². The van der Waals surface area contributed by atoms with Crippen LogP contribution in [0.3, 0.4) is 0 Å². The Kier molecular flexibility index (Phi) is 3.68. The molecular weight excluding hydrogens is 220 g/mol. The number of hydrogen-bond donors (Lipinski definition) is 0. The minimum atomic E-state index is 0.427. The molecule has 0 bridgehead atoms. The fourth-order valence-electron chi connectivity index (χ4n) is 1.97. The van der Waals surface area contributed by atoms with E-state index in [-0.39, 0.29) is 0 Å². The van der Waals surface area contributed by atoms with Gasteiger partial charge in [-0.05, 0) is 41.9 Å². The summed E-state index contributed by atoms with van der Waals surface area (Å²) in [5.41, 5.74) is 1.72. The van der Waals surface area contributed by atoms with Crippen LogP contribution in [0.1, 0.15) is 29.9 Å². The van der Waals surface area contributed by atoms with Crippen LogP contribution < -0.4 is 4.74 Å². The van der Waals surface area contributed by atoms with E-state index in [0.29, 0.717) is 17.4 Å². The van der Waals surface area contributed by atoms with Crippen molar-refractivity contribution < 1.29 is 4.74 Å². The van der Waals surface area contributed by atoms with Crippen LogP contribution in [0.5, 0.6) is 5.88 Å². The minimum Gasteiger partial charge on any atom is -0.480 e. The first-order valence-electron chi connectivity index (χ1n) is 5.37. The van der Waals surface area contributed by atoms with Crippen LogP contribution >= 0.6 is 11.8 Å². The lowest BCUT2D eigenvalue weighted by atomic mass is 9.94. The number of nitriles is 1. The van der Waals surface area contributed by atoms with Gasteiger partial charge in [-0.15, -0.1) is 0 Å². The van der Waals surface area contributed by atoms with Crippen molar-refractivity contribution in [1.82, 2.24) is 4.98 Å². The molecule has 1 aromatic rings. The smallest absolute Gasteiger partial charge is 0.231 e. The number of hydrogen-bond acceptors (Lipinski definition) is 4. The summed E-state index contributed by atoms with van der Waals surface area (Å²) in [7, 11) is 1.54. The van der Waals surface area contributed by atoms with Crippen molar-refractivity contribution in [2.45, 2.75) is 18.8 Å². The van der Waals surface area contributed by atoms with E-state index in [0.717, 1.165) is 0 Å². The second-order valence-electron chi connectivity index (χ2n) is 3.82. The van der Waals surface area contributed by atoms with Crippen molar-refractivity contribution in [3.05, 3.63) is 23.4 Å². The largest absolute Gasteiger partial charge is 0.480 e. The van der Waals surface area contributed by atoms with Crippen LogP contribution in [0.25, 0.3) is 0 Å². The predicted octanol–water partition coefficient (Wildman–Crippen LogP) is 2.57. The standard InChI is InChI=1S/C12H14N2OS/c1-15-12-10(7-13)6-11(8-14-12)9-2-4-16-5-3-9/h6,8-9H,2-5H2,1H3. The fraction of sp³-hybridized carbons (Fsp3) is 0.500. The van der Waals surface area contributed by atoms with Crippen LogP contribution in [0, 0.1) is 11.3 Å². The third kappa shape index (κ3) is 2.30. The predicted molar refractivity (Wildman–Crippen MR) is 64.8 cm³/mol. The molecular formula is C12H14N2OS. The van der Waals surface area contributed by atoms with Crippen molar-refractivity contribution in [3.63, 3.8) is 0 Å². The average molecular weight is 234 g/mol. The Morgan fingerprint density at radius 2 is 2.25 bits per heavy atom. The first-order chi connectivity index (χ1) is 7.85. The Balaban J connectivity index is 2.25. The lowest BCUT2D eigenvalue weighted by Gasteiger charge is -2.21. The number of methoxy groups -OCH3 is 1. The molecule has 2 rings (SSSR count). The number of pyridine rings is 1. The van der Waals surface area contributed by atoms with Crippen LogP contribution in [-0.4, -0.2) is 23.6 Å². The molecule has 0 radical (unpaired) electrons. The topological polar surface area (TPSA) is 45.9 Å². The fourth-order valence-corrected chi connectivity index (χ4v) is 3.07. The number of rotatable bonds is 2. The van der Waals surface area contributed by atoms with E-state index < -0.39 is 0 Å². The quantitative estimate of drug-likeness (QED) is 0.789. The van der Waals surface area contributed by atoms with E-state index in [1.165, 1.54) is 29.9 Å². The molecule has 4 heteroatoms. The molecule has 1 aromatic heterocycles. The third-order valence-electron chi connectivity index (χ3n) is 2.88. The van der Waals surface area contributed by atoms with Gasteiger partial charge in [-0.1, -0.05) is 0 Å². The molecule has 1 aliphatic rings. The van der Waals surface area contributed by atoms with Crippen LogP contribution in [-0.2, 0) is 0 Å². The zero-order chi connectivity index (χ0) is 11.4. The molecule has 1 fully saturated rings. The Morgan fingerprint density at radius 3 is 2.88 bits per heavy atom. The summed E-state index contributed by atoms with van der Waals surface area (Å²) >= 11 is 2.00. The molecule has 0 unspecified atom stereocenters. The second-order valence-corrected chi connectivity index (χ2v) is 5.05. The molecule has 0 spiro atoms. The van der Waals surface area contributed by atoms with Crippen LogP contribution in [0.4, 0.5) is 0 Å². The summed E-state index contributed by atoms with van der Waals surface area (Å²) in [6, 6.07) is 4.06. The molecule has 16 heavy (non-hydrogen) atoms. The van der Waals surface area contributed by atoms with Gasteiger partial charge in [0.05, 0.1) is 7.11 Å². The Morgan fingerprint density at radius 1 is 1.50 bits per heavy atom. The molecule has 0 aromatic carbocycles. The zero-order valence-electron chi connectivity index (χ0n) is 9.27. The van der Waals surface area contributed by atoms with Gasteiger partial charge in [0, 0.05) is 6.20 Å². The highest BCUT2D eigenvalue weighted by atomic mass is 32.2. The zero-order valence-corrected chi connectivity index (χ0v) is 10.1. The van der Waals surface area contributed by atoms with E-state index in [1.54, 1.807) is 7.11 Å². The summed E-state index contributed by atoms with van der Waals surface area (Å²) in [5.74, 6) is 3.40. The summed E-state index contributed by atoms with van der Waals surface area (Å²) in [6.45, 7) is 0. The summed E-state index contributed by atoms with van der Waals surface area (Å²) in [4.78, 5) is 4.19. The second kappa shape index (κ2) is 5.22. The molecule has 0 saturated carbocycles. The van der Waals surface area contributed by atoms with E-state index in [1.807, 2.05) is 24.0 Å². The molecule has 84 valence electrons. The van der Waals surface area contributed by atoms with E-state index >= 15 is 0 Å². The highest BCUT2D eigenvalue weighted by Crippen LogP contribution is 2.32. The summed E-state index contributed by atoms with van der Waals surface area (Å²) in [5, 5.41) is 9.00. The maximum absolute atomic E-state index is 9.00. The molecule has 2 heterocycles. The number of thioether (sulfide) groups is 1. The van der Waals surface area contributed by atoms with E-state index in [2.05, 4.69) is 11.1 Å². The van der Waals surface area contributed by atoms with Crippen LogP contribution in [0.15, 0.2) is 12.3 Å². The number of ether oxygens (including phenoxy) is 1. The maximum atomic E-state index is 9.00. The molecule has 0 atom stereocenters. The van der Waals surface area contributed by atoms with Gasteiger partial charge in [-0.3, -0.25) is 0 Å². The molecule has 1 saturated heterocycles. The molecule has 3 nitrogen and oxygen atoms in total. The van der Waals surface area contributed by atoms with Crippen molar-refractivity contribution in [1.29, 1.82) is 5.26 Å². The Labute approximate surface area is 99.8 Å². The monoisotopic (exact) mass is 234 g/mol. The molecule has 0 N–H and O–H groups in total. The normalized spacial score (nSPS) is 16.8. The highest BCUT2D eigenvalue weighted by molar-refractivity contribution is 7.99.